The zero-order chi connectivity index (χ0) is 13.3. The van der Waals surface area contributed by atoms with Crippen LogP contribution in [0.15, 0.2) is 18.2 Å². The Labute approximate surface area is 105 Å². The first-order chi connectivity index (χ1) is 8.54. The monoisotopic (exact) mass is 252 g/mol. The van der Waals surface area contributed by atoms with Crippen molar-refractivity contribution in [3.05, 3.63) is 29.6 Å². The maximum Gasteiger partial charge on any atom is 0.257 e. The first-order valence-electron chi connectivity index (χ1n) is 6.00. The van der Waals surface area contributed by atoms with Gasteiger partial charge >= 0.3 is 0 Å². The van der Waals surface area contributed by atoms with Gasteiger partial charge in [0.2, 0.25) is 0 Å². The minimum Gasteiger partial charge on any atom is -0.507 e. The third-order valence-electron chi connectivity index (χ3n) is 3.42. The summed E-state index contributed by atoms with van der Waals surface area (Å²) >= 11 is 0. The number of nitrogens with two attached hydrogens (primary N) is 1. The molecule has 0 aliphatic heterocycles. The number of carbonyl (C=O) groups excluding carboxylic acids is 1. The average Bonchev–Trinajstić information content (AvgIpc) is 3.13. The molecule has 1 aromatic carbocycles. The van der Waals surface area contributed by atoms with E-state index in [1.165, 1.54) is 6.07 Å². The normalized spacial score (nSPS) is 16.4. The van der Waals surface area contributed by atoms with E-state index in [0.29, 0.717) is 12.5 Å². The van der Waals surface area contributed by atoms with Crippen molar-refractivity contribution < 1.29 is 14.3 Å². The number of halogens is 1. The predicted molar refractivity (Wildman–Crippen MR) is 65.7 cm³/mol. The van der Waals surface area contributed by atoms with Crippen LogP contribution in [-0.4, -0.2) is 35.5 Å². The van der Waals surface area contributed by atoms with Crippen LogP contribution in [0, 0.1) is 11.7 Å². The highest BCUT2D eigenvalue weighted by molar-refractivity contribution is 5.96. The first kappa shape index (κ1) is 12.8. The maximum atomic E-state index is 12.9. The van der Waals surface area contributed by atoms with Gasteiger partial charge < -0.3 is 15.7 Å². The number of nitrogens with zero attached hydrogens (tertiary/aromatic N) is 1. The lowest BCUT2D eigenvalue weighted by molar-refractivity contribution is 0.0715. The number of amides is 1. The van der Waals surface area contributed by atoms with Crippen LogP contribution in [0.2, 0.25) is 0 Å². The summed E-state index contributed by atoms with van der Waals surface area (Å²) in [4.78, 5) is 13.7. The Balaban J connectivity index is 2.19. The van der Waals surface area contributed by atoms with Gasteiger partial charge in [0.15, 0.2) is 0 Å². The summed E-state index contributed by atoms with van der Waals surface area (Å²) in [6.45, 7) is 0.398. The van der Waals surface area contributed by atoms with Gasteiger partial charge in [-0.15, -0.1) is 0 Å². The fraction of sp³-hybridized carbons (Fsp3) is 0.462. The average molecular weight is 252 g/mol. The third-order valence-corrected chi connectivity index (χ3v) is 3.42. The van der Waals surface area contributed by atoms with Gasteiger partial charge in [0.25, 0.3) is 5.91 Å². The molecule has 18 heavy (non-hydrogen) atoms. The number of phenolic OH excluding ortho intramolecular Hbond substituents is 1. The van der Waals surface area contributed by atoms with Crippen molar-refractivity contribution in [2.45, 2.75) is 18.9 Å². The minimum atomic E-state index is -0.565. The summed E-state index contributed by atoms with van der Waals surface area (Å²) in [6.07, 6.45) is 2.16. The zero-order valence-corrected chi connectivity index (χ0v) is 10.3. The van der Waals surface area contributed by atoms with Gasteiger partial charge in [0.1, 0.15) is 11.6 Å². The van der Waals surface area contributed by atoms with Gasteiger partial charge in [-0.25, -0.2) is 4.39 Å². The molecular weight excluding hydrogens is 235 g/mol. The highest BCUT2D eigenvalue weighted by Crippen LogP contribution is 2.35. The Kier molecular flexibility index (Phi) is 3.52. The standard InChI is InChI=1S/C13H17FN2O2/c1-16(11(7-15)8-2-3-8)13(18)10-5-4-9(14)6-12(10)17/h4-6,8,11,17H,2-3,7,15H2,1H3. The molecule has 0 spiro atoms. The van der Waals surface area contributed by atoms with E-state index in [4.69, 9.17) is 5.73 Å². The molecule has 1 aliphatic rings. The molecule has 1 aromatic rings. The fourth-order valence-electron chi connectivity index (χ4n) is 2.17. The van der Waals surface area contributed by atoms with Gasteiger partial charge in [-0.2, -0.15) is 0 Å². The van der Waals surface area contributed by atoms with Crippen LogP contribution in [0.25, 0.3) is 0 Å². The molecule has 1 amide bonds. The van der Waals surface area contributed by atoms with E-state index in [9.17, 15) is 14.3 Å². The van der Waals surface area contributed by atoms with E-state index in [2.05, 4.69) is 0 Å². The Bertz CT molecular complexity index is 460. The van der Waals surface area contributed by atoms with Crippen molar-refractivity contribution in [1.29, 1.82) is 0 Å². The number of benzene rings is 1. The number of hydrogen-bond acceptors (Lipinski definition) is 3. The summed E-state index contributed by atoms with van der Waals surface area (Å²) in [5, 5.41) is 9.60. The second-order valence-corrected chi connectivity index (χ2v) is 4.72. The van der Waals surface area contributed by atoms with E-state index in [0.717, 1.165) is 25.0 Å². The molecule has 1 unspecified atom stereocenters. The lowest BCUT2D eigenvalue weighted by atomic mass is 10.1. The minimum absolute atomic E-state index is 0.0121. The van der Waals surface area contributed by atoms with Gasteiger partial charge in [-0.05, 0) is 30.9 Å². The van der Waals surface area contributed by atoms with Crippen molar-refractivity contribution in [2.75, 3.05) is 13.6 Å². The van der Waals surface area contributed by atoms with Crippen LogP contribution >= 0.6 is 0 Å². The van der Waals surface area contributed by atoms with E-state index in [1.807, 2.05) is 0 Å². The first-order valence-corrected chi connectivity index (χ1v) is 6.00. The van der Waals surface area contributed by atoms with Crippen LogP contribution in [0.1, 0.15) is 23.2 Å². The molecule has 0 aromatic heterocycles. The Morgan fingerprint density at radius 2 is 2.28 bits per heavy atom. The van der Waals surface area contributed by atoms with Gasteiger partial charge in [0, 0.05) is 25.7 Å². The molecule has 0 heterocycles. The molecule has 4 nitrogen and oxygen atoms in total. The van der Waals surface area contributed by atoms with Crippen LogP contribution in [0.5, 0.6) is 5.75 Å². The number of rotatable bonds is 4. The topological polar surface area (TPSA) is 66.6 Å². The highest BCUT2D eigenvalue weighted by atomic mass is 19.1. The molecule has 0 bridgehead atoms. The number of phenols is 1. The second-order valence-electron chi connectivity index (χ2n) is 4.72. The summed E-state index contributed by atoms with van der Waals surface area (Å²) < 4.78 is 12.9. The molecule has 1 fully saturated rings. The summed E-state index contributed by atoms with van der Waals surface area (Å²) in [7, 11) is 1.67. The molecule has 1 saturated carbocycles. The van der Waals surface area contributed by atoms with E-state index >= 15 is 0 Å². The van der Waals surface area contributed by atoms with Crippen LogP contribution < -0.4 is 5.73 Å². The van der Waals surface area contributed by atoms with Crippen molar-refractivity contribution in [1.82, 2.24) is 4.90 Å². The molecule has 3 N–H and O–H groups in total. The van der Waals surface area contributed by atoms with Gasteiger partial charge in [-0.1, -0.05) is 0 Å². The smallest absolute Gasteiger partial charge is 0.257 e. The number of carbonyl (C=O) groups is 1. The summed E-state index contributed by atoms with van der Waals surface area (Å²) in [5.41, 5.74) is 5.79. The van der Waals surface area contributed by atoms with Crippen molar-refractivity contribution in [3.8, 4) is 5.75 Å². The van der Waals surface area contributed by atoms with Crippen molar-refractivity contribution in [2.24, 2.45) is 11.7 Å². The Morgan fingerprint density at radius 1 is 1.61 bits per heavy atom. The number of likely N-dealkylation sites (N-methyl/N-ethyl adjacent to an activating group) is 1. The van der Waals surface area contributed by atoms with E-state index in [-0.39, 0.29) is 23.3 Å². The Hall–Kier alpha value is -1.62. The SMILES string of the molecule is CN(C(=O)c1ccc(F)cc1O)C(CN)C1CC1. The number of aromatic hydroxyl groups is 1. The molecule has 98 valence electrons. The van der Waals surface area contributed by atoms with Gasteiger partial charge in [-0.3, -0.25) is 4.79 Å². The maximum absolute atomic E-state index is 12.9. The predicted octanol–water partition coefficient (Wildman–Crippen LogP) is 1.34. The molecule has 0 radical (unpaired) electrons. The third kappa shape index (κ3) is 2.46. The molecule has 0 saturated heterocycles. The van der Waals surface area contributed by atoms with E-state index in [1.54, 1.807) is 11.9 Å². The summed E-state index contributed by atoms with van der Waals surface area (Å²) in [6, 6.07) is 3.39. The van der Waals surface area contributed by atoms with Crippen molar-refractivity contribution in [3.63, 3.8) is 0 Å². The highest BCUT2D eigenvalue weighted by Gasteiger charge is 2.35. The lowest BCUT2D eigenvalue weighted by Crippen LogP contribution is -2.43. The molecule has 1 aliphatic carbocycles. The molecule has 1 atom stereocenters. The lowest BCUT2D eigenvalue weighted by Gasteiger charge is -2.27. The summed E-state index contributed by atoms with van der Waals surface area (Å²) in [5.74, 6) is -0.774. The van der Waals surface area contributed by atoms with Crippen molar-refractivity contribution >= 4 is 5.91 Å². The molecule has 5 heteroatoms. The van der Waals surface area contributed by atoms with Gasteiger partial charge in [0.05, 0.1) is 5.56 Å². The molecule has 2 rings (SSSR count). The van der Waals surface area contributed by atoms with Crippen LogP contribution in [-0.2, 0) is 0 Å². The Morgan fingerprint density at radius 3 is 2.78 bits per heavy atom. The quantitative estimate of drug-likeness (QED) is 0.849. The largest absolute Gasteiger partial charge is 0.507 e. The zero-order valence-electron chi connectivity index (χ0n) is 10.3. The molecular formula is C13H17FN2O2. The van der Waals surface area contributed by atoms with Crippen LogP contribution in [0.4, 0.5) is 4.39 Å². The second kappa shape index (κ2) is 4.94. The van der Waals surface area contributed by atoms with Crippen LogP contribution in [0.3, 0.4) is 0 Å². The fourth-order valence-corrected chi connectivity index (χ4v) is 2.17. The van der Waals surface area contributed by atoms with E-state index < -0.39 is 5.82 Å². The number of hydrogen-bond donors (Lipinski definition) is 2.